The van der Waals surface area contributed by atoms with E-state index in [4.69, 9.17) is 9.88 Å². The Morgan fingerprint density at radius 1 is 1.29 bits per heavy atom. The Bertz CT molecular complexity index is 656. The number of rotatable bonds is 3. The van der Waals surface area contributed by atoms with Gasteiger partial charge in [0, 0.05) is 4.47 Å². The molecule has 0 bridgehead atoms. The molecule has 0 aliphatic heterocycles. The molecule has 0 radical (unpaired) electrons. The van der Waals surface area contributed by atoms with E-state index >= 15 is 0 Å². The van der Waals surface area contributed by atoms with Crippen LogP contribution in [0.3, 0.4) is 0 Å². The van der Waals surface area contributed by atoms with Crippen LogP contribution < -0.4 is 5.14 Å². The third-order valence-electron chi connectivity index (χ3n) is 3.37. The van der Waals surface area contributed by atoms with E-state index in [1.165, 1.54) is 0 Å². The fourth-order valence-corrected chi connectivity index (χ4v) is 3.91. The maximum absolute atomic E-state index is 13.9. The van der Waals surface area contributed by atoms with E-state index in [-0.39, 0.29) is 15.5 Å². The van der Waals surface area contributed by atoms with E-state index in [1.54, 1.807) is 0 Å². The second-order valence-corrected chi connectivity index (χ2v) is 7.36. The number of carbonyl (C=O) groups excluding carboxylic acids is 1. The summed E-state index contributed by atoms with van der Waals surface area (Å²) >= 11 is 2.91. The molecule has 2 rings (SSSR count). The lowest BCUT2D eigenvalue weighted by Gasteiger charge is -2.22. The predicted molar refractivity (Wildman–Crippen MR) is 77.8 cm³/mol. The summed E-state index contributed by atoms with van der Waals surface area (Å²) in [5.41, 5.74) is -0.423. The standard InChI is InChI=1S/C13H15BrFNO4S/c14-10-7-11(15)9(6-12(10)21(16,18)19)13(17)20-8-4-2-1-3-5-8/h6-8H,1-5H2,(H2,16,18,19). The molecule has 5 nitrogen and oxygen atoms in total. The van der Waals surface area contributed by atoms with E-state index in [0.717, 1.165) is 44.2 Å². The van der Waals surface area contributed by atoms with Crippen molar-refractivity contribution in [2.75, 3.05) is 0 Å². The minimum Gasteiger partial charge on any atom is -0.459 e. The molecule has 0 saturated heterocycles. The molecule has 1 saturated carbocycles. The quantitative estimate of drug-likeness (QED) is 0.817. The number of esters is 1. The van der Waals surface area contributed by atoms with Crippen LogP contribution >= 0.6 is 15.9 Å². The first-order chi connectivity index (χ1) is 9.79. The molecular formula is C13H15BrFNO4S. The molecule has 1 aliphatic rings. The zero-order valence-corrected chi connectivity index (χ0v) is 13.5. The van der Waals surface area contributed by atoms with E-state index in [9.17, 15) is 17.6 Å². The van der Waals surface area contributed by atoms with Gasteiger partial charge in [-0.15, -0.1) is 0 Å². The summed E-state index contributed by atoms with van der Waals surface area (Å²) in [7, 11) is -4.06. The first kappa shape index (κ1) is 16.4. The molecule has 1 aliphatic carbocycles. The monoisotopic (exact) mass is 379 g/mol. The summed E-state index contributed by atoms with van der Waals surface area (Å²) in [5.74, 6) is -1.72. The van der Waals surface area contributed by atoms with E-state index < -0.39 is 27.4 Å². The fraction of sp³-hybridized carbons (Fsp3) is 0.462. The van der Waals surface area contributed by atoms with Crippen molar-refractivity contribution in [3.05, 3.63) is 28.0 Å². The van der Waals surface area contributed by atoms with Gasteiger partial charge in [-0.2, -0.15) is 0 Å². The zero-order chi connectivity index (χ0) is 15.6. The van der Waals surface area contributed by atoms with Crippen molar-refractivity contribution in [3.63, 3.8) is 0 Å². The minimum absolute atomic E-state index is 0.0308. The molecule has 116 valence electrons. The highest BCUT2D eigenvalue weighted by molar-refractivity contribution is 9.10. The largest absolute Gasteiger partial charge is 0.459 e. The number of halogens is 2. The molecule has 21 heavy (non-hydrogen) atoms. The van der Waals surface area contributed by atoms with Gasteiger partial charge in [-0.05, 0) is 53.7 Å². The van der Waals surface area contributed by atoms with Gasteiger partial charge in [0.15, 0.2) is 0 Å². The number of hydrogen-bond acceptors (Lipinski definition) is 4. The van der Waals surface area contributed by atoms with Gasteiger partial charge in [-0.3, -0.25) is 0 Å². The van der Waals surface area contributed by atoms with Gasteiger partial charge in [-0.25, -0.2) is 22.7 Å². The average molecular weight is 380 g/mol. The Morgan fingerprint density at radius 3 is 2.48 bits per heavy atom. The van der Waals surface area contributed by atoms with Crippen molar-refractivity contribution >= 4 is 31.9 Å². The zero-order valence-electron chi connectivity index (χ0n) is 11.1. The highest BCUT2D eigenvalue weighted by atomic mass is 79.9. The molecule has 0 atom stereocenters. The van der Waals surface area contributed by atoms with Crippen LogP contribution in [0.4, 0.5) is 4.39 Å². The lowest BCUT2D eigenvalue weighted by Crippen LogP contribution is -2.22. The fourth-order valence-electron chi connectivity index (χ4n) is 2.30. The molecule has 1 fully saturated rings. The maximum atomic E-state index is 13.9. The molecule has 8 heteroatoms. The lowest BCUT2D eigenvalue weighted by atomic mass is 9.98. The Hall–Kier alpha value is -0.990. The van der Waals surface area contributed by atoms with E-state index in [2.05, 4.69) is 15.9 Å². The molecule has 0 amide bonds. The van der Waals surface area contributed by atoms with Gasteiger partial charge >= 0.3 is 5.97 Å². The maximum Gasteiger partial charge on any atom is 0.341 e. The van der Waals surface area contributed by atoms with Crippen molar-refractivity contribution in [1.82, 2.24) is 0 Å². The number of nitrogens with two attached hydrogens (primary N) is 1. The molecule has 0 spiro atoms. The number of hydrogen-bond donors (Lipinski definition) is 1. The number of ether oxygens (including phenoxy) is 1. The van der Waals surface area contributed by atoms with Crippen LogP contribution in [-0.4, -0.2) is 20.5 Å². The van der Waals surface area contributed by atoms with Crippen molar-refractivity contribution in [2.45, 2.75) is 43.1 Å². The van der Waals surface area contributed by atoms with Crippen LogP contribution in [0.25, 0.3) is 0 Å². The molecule has 1 aromatic carbocycles. The SMILES string of the molecule is NS(=O)(=O)c1cc(C(=O)OC2CCCCC2)c(F)cc1Br. The number of carbonyl (C=O) groups is 1. The molecule has 0 heterocycles. The number of primary sulfonamides is 1. The number of sulfonamides is 1. The predicted octanol–water partition coefficient (Wildman–Crippen LogP) is 2.73. The topological polar surface area (TPSA) is 86.5 Å². The van der Waals surface area contributed by atoms with E-state index in [0.29, 0.717) is 0 Å². The third-order valence-corrected chi connectivity index (χ3v) is 5.24. The van der Waals surface area contributed by atoms with Crippen molar-refractivity contribution < 1.29 is 22.3 Å². The van der Waals surface area contributed by atoms with Crippen LogP contribution in [0, 0.1) is 5.82 Å². The van der Waals surface area contributed by atoms with Gasteiger partial charge in [0.25, 0.3) is 0 Å². The van der Waals surface area contributed by atoms with Crippen molar-refractivity contribution in [3.8, 4) is 0 Å². The van der Waals surface area contributed by atoms with Crippen LogP contribution in [0.2, 0.25) is 0 Å². The van der Waals surface area contributed by atoms with Crippen LogP contribution in [0.15, 0.2) is 21.5 Å². The van der Waals surface area contributed by atoms with Gasteiger partial charge < -0.3 is 4.74 Å². The Labute approximate surface area is 130 Å². The molecule has 0 aromatic heterocycles. The Morgan fingerprint density at radius 2 is 1.90 bits per heavy atom. The van der Waals surface area contributed by atoms with Crippen molar-refractivity contribution in [1.29, 1.82) is 0 Å². The first-order valence-electron chi connectivity index (χ1n) is 6.52. The highest BCUT2D eigenvalue weighted by Gasteiger charge is 2.24. The summed E-state index contributed by atoms with van der Waals surface area (Å²) in [4.78, 5) is 11.7. The molecule has 1 aromatic rings. The summed E-state index contributed by atoms with van der Waals surface area (Å²) in [6.07, 6.45) is 4.26. The summed E-state index contributed by atoms with van der Waals surface area (Å²) in [6.45, 7) is 0. The average Bonchev–Trinajstić information content (AvgIpc) is 2.38. The number of benzene rings is 1. The normalized spacial score (nSPS) is 16.7. The second-order valence-electron chi connectivity index (χ2n) is 4.97. The van der Waals surface area contributed by atoms with Crippen LogP contribution in [0.5, 0.6) is 0 Å². The minimum atomic E-state index is -4.06. The van der Waals surface area contributed by atoms with Crippen LogP contribution in [0.1, 0.15) is 42.5 Å². The highest BCUT2D eigenvalue weighted by Crippen LogP contribution is 2.27. The van der Waals surface area contributed by atoms with Gasteiger partial charge in [0.05, 0.1) is 10.5 Å². The Kier molecular flexibility index (Phi) is 5.00. The van der Waals surface area contributed by atoms with Gasteiger partial charge in [0.1, 0.15) is 11.9 Å². The molecular weight excluding hydrogens is 365 g/mol. The second kappa shape index (κ2) is 6.41. The first-order valence-corrected chi connectivity index (χ1v) is 8.86. The van der Waals surface area contributed by atoms with Crippen molar-refractivity contribution in [2.24, 2.45) is 5.14 Å². The van der Waals surface area contributed by atoms with Gasteiger partial charge in [0.2, 0.25) is 10.0 Å². The summed E-state index contributed by atoms with van der Waals surface area (Å²) in [5, 5.41) is 5.03. The van der Waals surface area contributed by atoms with Crippen LogP contribution in [-0.2, 0) is 14.8 Å². The molecule has 0 unspecified atom stereocenters. The smallest absolute Gasteiger partial charge is 0.341 e. The lowest BCUT2D eigenvalue weighted by molar-refractivity contribution is 0.0206. The Balaban J connectivity index is 2.28. The van der Waals surface area contributed by atoms with Gasteiger partial charge in [-0.1, -0.05) is 6.42 Å². The van der Waals surface area contributed by atoms with E-state index in [1.807, 2.05) is 0 Å². The molecule has 2 N–H and O–H groups in total. The third kappa shape index (κ3) is 4.02. The summed E-state index contributed by atoms with van der Waals surface area (Å²) in [6, 6.07) is 1.80. The summed E-state index contributed by atoms with van der Waals surface area (Å²) < 4.78 is 41.9.